The Balaban J connectivity index is 1.67. The first-order valence-electron chi connectivity index (χ1n) is 6.76. The lowest BCUT2D eigenvalue weighted by Crippen LogP contribution is -2.11. The molecule has 0 amide bonds. The van der Waals surface area contributed by atoms with E-state index in [-0.39, 0.29) is 5.82 Å². The van der Waals surface area contributed by atoms with Crippen LogP contribution < -0.4 is 10.1 Å². The van der Waals surface area contributed by atoms with Gasteiger partial charge in [0.1, 0.15) is 11.6 Å². The Morgan fingerprint density at radius 1 is 1.30 bits per heavy atom. The van der Waals surface area contributed by atoms with E-state index in [0.29, 0.717) is 12.4 Å². The third-order valence-corrected chi connectivity index (χ3v) is 2.76. The molecule has 0 bridgehead atoms. The Hall–Kier alpha value is -1.95. The van der Waals surface area contributed by atoms with Crippen molar-refractivity contribution in [1.82, 2.24) is 20.3 Å². The summed E-state index contributed by atoms with van der Waals surface area (Å²) in [6.45, 7) is 5.02. The van der Waals surface area contributed by atoms with Crippen molar-refractivity contribution in [3.8, 4) is 5.75 Å². The fourth-order valence-electron chi connectivity index (χ4n) is 1.73. The molecule has 1 aromatic heterocycles. The molecule has 0 atom stereocenters. The molecule has 0 fully saturated rings. The fourth-order valence-corrected chi connectivity index (χ4v) is 1.73. The second kappa shape index (κ2) is 7.59. The minimum absolute atomic E-state index is 0.256. The van der Waals surface area contributed by atoms with Crippen LogP contribution in [-0.4, -0.2) is 28.1 Å². The normalized spacial score (nSPS) is 10.7. The molecule has 0 unspecified atom stereocenters. The van der Waals surface area contributed by atoms with Crippen molar-refractivity contribution in [3.63, 3.8) is 0 Å². The van der Waals surface area contributed by atoms with Crippen molar-refractivity contribution < 1.29 is 9.13 Å². The molecule has 2 aromatic rings. The van der Waals surface area contributed by atoms with Crippen LogP contribution in [0.2, 0.25) is 0 Å². The predicted molar refractivity (Wildman–Crippen MR) is 73.9 cm³/mol. The number of aromatic nitrogens is 3. The van der Waals surface area contributed by atoms with Crippen LogP contribution >= 0.6 is 0 Å². The first kappa shape index (κ1) is 14.5. The summed E-state index contributed by atoms with van der Waals surface area (Å²) in [5.74, 6) is 0.422. The highest BCUT2D eigenvalue weighted by atomic mass is 19.1. The van der Waals surface area contributed by atoms with Gasteiger partial charge in [-0.15, -0.1) is 5.10 Å². The summed E-state index contributed by atoms with van der Waals surface area (Å²) in [4.78, 5) is 0. The molecule has 0 saturated carbocycles. The Morgan fingerprint density at radius 2 is 2.10 bits per heavy atom. The molecule has 0 aliphatic rings. The molecule has 1 N–H and O–H groups in total. The van der Waals surface area contributed by atoms with Crippen LogP contribution in [0.25, 0.3) is 0 Å². The zero-order valence-corrected chi connectivity index (χ0v) is 11.6. The van der Waals surface area contributed by atoms with Gasteiger partial charge in [0, 0.05) is 25.7 Å². The molecule has 0 aliphatic carbocycles. The largest absolute Gasteiger partial charge is 0.494 e. The van der Waals surface area contributed by atoms with Gasteiger partial charge in [0.2, 0.25) is 0 Å². The van der Waals surface area contributed by atoms with Crippen LogP contribution in [-0.2, 0) is 13.1 Å². The van der Waals surface area contributed by atoms with Crippen LogP contribution in [0, 0.1) is 5.82 Å². The number of nitrogens with one attached hydrogen (secondary N) is 1. The smallest absolute Gasteiger partial charge is 0.123 e. The lowest BCUT2D eigenvalue weighted by molar-refractivity contribution is 0.297. The highest BCUT2D eigenvalue weighted by Crippen LogP contribution is 2.11. The molecule has 0 aliphatic heterocycles. The molecule has 0 radical (unpaired) electrons. The van der Waals surface area contributed by atoms with Gasteiger partial charge in [-0.3, -0.25) is 4.68 Å². The summed E-state index contributed by atoms with van der Waals surface area (Å²) >= 11 is 0. The van der Waals surface area contributed by atoms with Gasteiger partial charge in [0.15, 0.2) is 0 Å². The summed E-state index contributed by atoms with van der Waals surface area (Å²) < 4.78 is 20.0. The maximum atomic E-state index is 12.7. The molecule has 0 spiro atoms. The molecular formula is C14H19FN4O. The standard InChI is InChI=1S/C14H19FN4O/c1-2-16-10-13-11-19(18-17-13)8-3-9-20-14-6-4-12(15)5-7-14/h4-7,11,16H,2-3,8-10H2,1H3. The number of ether oxygens (including phenoxy) is 1. The average Bonchev–Trinajstić information content (AvgIpc) is 2.91. The van der Waals surface area contributed by atoms with Crippen molar-refractivity contribution in [2.75, 3.05) is 13.2 Å². The number of aryl methyl sites for hydroxylation is 1. The summed E-state index contributed by atoms with van der Waals surface area (Å²) in [5.41, 5.74) is 0.936. The minimum Gasteiger partial charge on any atom is -0.494 e. The van der Waals surface area contributed by atoms with E-state index in [1.807, 2.05) is 6.20 Å². The molecular weight excluding hydrogens is 259 g/mol. The molecule has 108 valence electrons. The minimum atomic E-state index is -0.256. The molecule has 2 rings (SSSR count). The Bertz CT molecular complexity index is 512. The van der Waals surface area contributed by atoms with Gasteiger partial charge in [-0.1, -0.05) is 12.1 Å². The number of halogens is 1. The fraction of sp³-hybridized carbons (Fsp3) is 0.429. The zero-order valence-electron chi connectivity index (χ0n) is 11.6. The predicted octanol–water partition coefficient (Wildman–Crippen LogP) is 2.00. The van der Waals surface area contributed by atoms with E-state index >= 15 is 0 Å². The number of benzene rings is 1. The van der Waals surface area contributed by atoms with E-state index in [0.717, 1.165) is 31.7 Å². The van der Waals surface area contributed by atoms with Crippen molar-refractivity contribution >= 4 is 0 Å². The highest BCUT2D eigenvalue weighted by Gasteiger charge is 2.00. The molecule has 1 heterocycles. The molecule has 5 nitrogen and oxygen atoms in total. The van der Waals surface area contributed by atoms with Crippen molar-refractivity contribution in [2.24, 2.45) is 0 Å². The summed E-state index contributed by atoms with van der Waals surface area (Å²) in [5, 5.41) is 11.3. The van der Waals surface area contributed by atoms with E-state index in [9.17, 15) is 4.39 Å². The summed E-state index contributed by atoms with van der Waals surface area (Å²) in [6, 6.07) is 6.03. The molecule has 0 saturated heterocycles. The third kappa shape index (κ3) is 4.62. The number of nitrogens with zero attached hydrogens (tertiary/aromatic N) is 3. The van der Waals surface area contributed by atoms with Crippen molar-refractivity contribution in [1.29, 1.82) is 0 Å². The molecule has 20 heavy (non-hydrogen) atoms. The van der Waals surface area contributed by atoms with Crippen LogP contribution in [0.1, 0.15) is 19.0 Å². The Morgan fingerprint density at radius 3 is 2.85 bits per heavy atom. The van der Waals surface area contributed by atoms with Gasteiger partial charge >= 0.3 is 0 Å². The monoisotopic (exact) mass is 278 g/mol. The first-order chi connectivity index (χ1) is 9.78. The Labute approximate surface area is 117 Å². The van der Waals surface area contributed by atoms with Gasteiger partial charge < -0.3 is 10.1 Å². The lowest BCUT2D eigenvalue weighted by atomic mass is 10.3. The maximum Gasteiger partial charge on any atom is 0.123 e. The first-order valence-corrected chi connectivity index (χ1v) is 6.76. The average molecular weight is 278 g/mol. The summed E-state index contributed by atoms with van der Waals surface area (Å²) in [6.07, 6.45) is 2.75. The number of hydrogen-bond donors (Lipinski definition) is 1. The zero-order chi connectivity index (χ0) is 14.2. The topological polar surface area (TPSA) is 52.0 Å². The van der Waals surface area contributed by atoms with E-state index in [1.54, 1.807) is 16.8 Å². The third-order valence-electron chi connectivity index (χ3n) is 2.76. The quantitative estimate of drug-likeness (QED) is 0.750. The lowest BCUT2D eigenvalue weighted by Gasteiger charge is -2.05. The maximum absolute atomic E-state index is 12.7. The van der Waals surface area contributed by atoms with Crippen LogP contribution in [0.15, 0.2) is 30.5 Å². The van der Waals surface area contributed by atoms with Gasteiger partial charge in [0.05, 0.1) is 12.3 Å². The SMILES string of the molecule is CCNCc1cn(CCCOc2ccc(F)cc2)nn1. The van der Waals surface area contributed by atoms with Crippen molar-refractivity contribution in [2.45, 2.75) is 26.4 Å². The second-order valence-electron chi connectivity index (χ2n) is 4.41. The van der Waals surface area contributed by atoms with Gasteiger partial charge in [-0.25, -0.2) is 4.39 Å². The number of hydrogen-bond acceptors (Lipinski definition) is 4. The highest BCUT2D eigenvalue weighted by molar-refractivity contribution is 5.21. The summed E-state index contributed by atoms with van der Waals surface area (Å²) in [7, 11) is 0. The van der Waals surface area contributed by atoms with E-state index in [1.165, 1.54) is 12.1 Å². The molecule has 1 aromatic carbocycles. The number of rotatable bonds is 8. The van der Waals surface area contributed by atoms with Crippen molar-refractivity contribution in [3.05, 3.63) is 42.0 Å². The van der Waals surface area contributed by atoms with Gasteiger partial charge in [-0.05, 0) is 30.8 Å². The Kier molecular flexibility index (Phi) is 5.49. The van der Waals surface area contributed by atoms with Gasteiger partial charge in [-0.2, -0.15) is 0 Å². The van der Waals surface area contributed by atoms with Crippen LogP contribution in [0.3, 0.4) is 0 Å². The second-order valence-corrected chi connectivity index (χ2v) is 4.41. The molecule has 6 heteroatoms. The van der Waals surface area contributed by atoms with Gasteiger partial charge in [0.25, 0.3) is 0 Å². The van der Waals surface area contributed by atoms with E-state index in [4.69, 9.17) is 4.74 Å². The van der Waals surface area contributed by atoms with E-state index < -0.39 is 0 Å². The van der Waals surface area contributed by atoms with E-state index in [2.05, 4.69) is 22.6 Å². The van der Waals surface area contributed by atoms with Crippen LogP contribution in [0.5, 0.6) is 5.75 Å². The van der Waals surface area contributed by atoms with Crippen LogP contribution in [0.4, 0.5) is 4.39 Å².